The zero-order valence-electron chi connectivity index (χ0n) is 26.1. The van der Waals surface area contributed by atoms with Gasteiger partial charge in [0.25, 0.3) is 5.91 Å². The predicted molar refractivity (Wildman–Crippen MR) is 186 cm³/mol. The van der Waals surface area contributed by atoms with Crippen LogP contribution in [-0.2, 0) is 35.6 Å². The van der Waals surface area contributed by atoms with Crippen LogP contribution in [0.5, 0.6) is 0 Å². The molecule has 0 aliphatic rings. The van der Waals surface area contributed by atoms with Gasteiger partial charge in [-0.15, -0.1) is 0 Å². The lowest BCUT2D eigenvalue weighted by atomic mass is 10.1. The third-order valence-corrected chi connectivity index (χ3v) is 7.86. The minimum absolute atomic E-state index is 0.0120. The van der Waals surface area contributed by atoms with Crippen molar-refractivity contribution in [3.63, 3.8) is 0 Å². The number of nitrogens with one attached hydrogen (secondary N) is 4. The Morgan fingerprint density at radius 2 is 1.48 bits per heavy atom. The molecule has 11 nitrogen and oxygen atoms in total. The molecule has 5 N–H and O–H groups in total. The summed E-state index contributed by atoms with van der Waals surface area (Å²) < 4.78 is 5.11. The number of alkyl carbamates (subject to hydrolysis) is 1. The monoisotopic (exact) mass is 664 g/mol. The molecule has 4 aromatic carbocycles. The van der Waals surface area contributed by atoms with E-state index in [1.165, 1.54) is 5.56 Å². The lowest BCUT2D eigenvalue weighted by Crippen LogP contribution is -2.48. The lowest BCUT2D eigenvalue weighted by Gasteiger charge is -2.25. The van der Waals surface area contributed by atoms with Crippen molar-refractivity contribution in [2.75, 3.05) is 13.1 Å². The number of aromatic nitrogens is 2. The molecule has 48 heavy (non-hydrogen) atoms. The van der Waals surface area contributed by atoms with Gasteiger partial charge in [0.2, 0.25) is 0 Å². The van der Waals surface area contributed by atoms with Crippen molar-refractivity contribution in [3.05, 3.63) is 137 Å². The summed E-state index contributed by atoms with van der Waals surface area (Å²) in [6.07, 6.45) is -0.0827. The Kier molecular flexibility index (Phi) is 11.7. The highest BCUT2D eigenvalue weighted by molar-refractivity contribution is 7.80. The van der Waals surface area contributed by atoms with E-state index in [-0.39, 0.29) is 13.2 Å². The zero-order valence-corrected chi connectivity index (χ0v) is 26.9. The highest BCUT2D eigenvalue weighted by atomic mass is 32.1. The van der Waals surface area contributed by atoms with Gasteiger partial charge in [0.15, 0.2) is 5.11 Å². The number of ether oxygens (including phenoxy) is 1. The standard InChI is InChI=1S/C36H36N6O5S/c43-33(38-21-31(34(44)45)41-36(46)47-24-27-11-5-2-6-12-27)28-17-15-26(16-18-28)22-42(23-32-39-29-13-7-8-14-30(29)40-32)35(48)37-20-19-25-9-3-1-4-10-25/h1-18,31H,19-24H2,(H,37,48)(H,38,43)(H,39,40)(H,41,46)(H,44,45). The van der Waals surface area contributed by atoms with Gasteiger partial charge in [-0.05, 0) is 59.6 Å². The van der Waals surface area contributed by atoms with Gasteiger partial charge in [0.05, 0.1) is 17.6 Å². The van der Waals surface area contributed by atoms with Crippen LogP contribution < -0.4 is 16.0 Å². The van der Waals surface area contributed by atoms with Crippen LogP contribution in [0.2, 0.25) is 0 Å². The normalized spacial score (nSPS) is 11.3. The van der Waals surface area contributed by atoms with E-state index in [4.69, 9.17) is 21.9 Å². The number of benzene rings is 4. The molecule has 0 bridgehead atoms. The van der Waals surface area contributed by atoms with Crippen LogP contribution in [0.4, 0.5) is 4.79 Å². The highest BCUT2D eigenvalue weighted by Crippen LogP contribution is 2.15. The fourth-order valence-electron chi connectivity index (χ4n) is 4.92. The molecule has 246 valence electrons. The molecule has 1 atom stereocenters. The molecule has 2 amide bonds. The molecule has 0 aliphatic heterocycles. The summed E-state index contributed by atoms with van der Waals surface area (Å²) in [5.74, 6) is -1.02. The summed E-state index contributed by atoms with van der Waals surface area (Å²) >= 11 is 5.81. The molecule has 0 fully saturated rings. The Bertz CT molecular complexity index is 1800. The molecule has 0 spiro atoms. The van der Waals surface area contributed by atoms with E-state index in [0.29, 0.717) is 30.3 Å². The van der Waals surface area contributed by atoms with Gasteiger partial charge in [-0.25, -0.2) is 14.6 Å². The number of thiocarbonyl (C=S) groups is 1. The maximum atomic E-state index is 12.9. The Morgan fingerprint density at radius 1 is 0.812 bits per heavy atom. The second kappa shape index (κ2) is 16.7. The molecule has 5 aromatic rings. The molecular formula is C36H36N6O5S. The van der Waals surface area contributed by atoms with Crippen LogP contribution in [0.3, 0.4) is 0 Å². The van der Waals surface area contributed by atoms with E-state index in [2.05, 4.69) is 33.1 Å². The number of para-hydroxylation sites is 2. The van der Waals surface area contributed by atoms with Crippen molar-refractivity contribution in [3.8, 4) is 0 Å². The van der Waals surface area contributed by atoms with E-state index in [1.54, 1.807) is 36.4 Å². The number of aliphatic carboxylic acids is 1. The molecule has 12 heteroatoms. The number of amides is 2. The summed E-state index contributed by atoms with van der Waals surface area (Å²) in [5.41, 5.74) is 5.02. The molecule has 1 unspecified atom stereocenters. The number of nitrogens with zero attached hydrogens (tertiary/aromatic N) is 2. The van der Waals surface area contributed by atoms with Gasteiger partial charge >= 0.3 is 12.1 Å². The van der Waals surface area contributed by atoms with Gasteiger partial charge in [0, 0.05) is 25.2 Å². The fraction of sp³-hybridized carbons (Fsp3) is 0.194. The molecule has 0 radical (unpaired) electrons. The Morgan fingerprint density at radius 3 is 2.17 bits per heavy atom. The molecule has 0 saturated heterocycles. The number of imidazole rings is 1. The van der Waals surface area contributed by atoms with E-state index in [0.717, 1.165) is 34.4 Å². The van der Waals surface area contributed by atoms with Gasteiger partial charge in [-0.2, -0.15) is 0 Å². The smallest absolute Gasteiger partial charge is 0.408 e. The summed E-state index contributed by atoms with van der Waals surface area (Å²) in [7, 11) is 0. The van der Waals surface area contributed by atoms with Crippen LogP contribution in [0, 0.1) is 0 Å². The summed E-state index contributed by atoms with van der Waals surface area (Å²) in [4.78, 5) is 46.9. The van der Waals surface area contributed by atoms with Gasteiger partial charge in [0.1, 0.15) is 18.5 Å². The maximum Gasteiger partial charge on any atom is 0.408 e. The molecule has 0 aliphatic carbocycles. The van der Waals surface area contributed by atoms with Crippen molar-refractivity contribution in [1.29, 1.82) is 0 Å². The number of carboxylic acid groups (broad SMARTS) is 1. The third kappa shape index (κ3) is 9.87. The Labute approximate surface area is 283 Å². The van der Waals surface area contributed by atoms with Gasteiger partial charge in [-0.1, -0.05) is 84.9 Å². The number of fused-ring (bicyclic) bond motifs is 1. The Hall–Kier alpha value is -5.75. The zero-order chi connectivity index (χ0) is 33.7. The van der Waals surface area contributed by atoms with Gasteiger partial charge < -0.3 is 35.7 Å². The van der Waals surface area contributed by atoms with Crippen LogP contribution >= 0.6 is 12.2 Å². The van der Waals surface area contributed by atoms with Crippen LogP contribution in [0.15, 0.2) is 109 Å². The third-order valence-electron chi connectivity index (χ3n) is 7.46. The van der Waals surface area contributed by atoms with Crippen molar-refractivity contribution in [1.82, 2.24) is 30.8 Å². The van der Waals surface area contributed by atoms with E-state index < -0.39 is 24.0 Å². The average Bonchev–Trinajstić information content (AvgIpc) is 3.52. The predicted octanol–water partition coefficient (Wildman–Crippen LogP) is 4.79. The highest BCUT2D eigenvalue weighted by Gasteiger charge is 2.22. The van der Waals surface area contributed by atoms with Crippen LogP contribution in [0.1, 0.15) is 32.9 Å². The average molecular weight is 665 g/mol. The largest absolute Gasteiger partial charge is 0.480 e. The number of aromatic amines is 1. The number of hydrogen-bond acceptors (Lipinski definition) is 6. The minimum atomic E-state index is -1.38. The Balaban J connectivity index is 1.17. The van der Waals surface area contributed by atoms with E-state index in [9.17, 15) is 19.5 Å². The molecule has 5 rings (SSSR count). The van der Waals surface area contributed by atoms with Crippen LogP contribution in [0.25, 0.3) is 11.0 Å². The second-order valence-corrected chi connectivity index (χ2v) is 11.4. The fourth-order valence-corrected chi connectivity index (χ4v) is 5.15. The first-order chi connectivity index (χ1) is 23.3. The summed E-state index contributed by atoms with van der Waals surface area (Å²) in [6.45, 7) is 1.21. The number of carbonyl (C=O) groups is 3. The van der Waals surface area contributed by atoms with Crippen molar-refractivity contribution >= 4 is 46.3 Å². The van der Waals surface area contributed by atoms with Crippen molar-refractivity contribution in [2.24, 2.45) is 0 Å². The molecule has 0 saturated carbocycles. The van der Waals surface area contributed by atoms with Gasteiger partial charge in [-0.3, -0.25) is 4.79 Å². The van der Waals surface area contributed by atoms with Crippen LogP contribution in [-0.4, -0.2) is 62.2 Å². The number of H-pyrrole nitrogens is 1. The minimum Gasteiger partial charge on any atom is -0.480 e. The molecule has 1 heterocycles. The van der Waals surface area contributed by atoms with E-state index in [1.807, 2.05) is 65.6 Å². The maximum absolute atomic E-state index is 12.9. The lowest BCUT2D eigenvalue weighted by molar-refractivity contribution is -0.139. The number of carboxylic acids is 1. The first-order valence-corrected chi connectivity index (χ1v) is 15.8. The van der Waals surface area contributed by atoms with Crippen molar-refractivity contribution < 1.29 is 24.2 Å². The SMILES string of the molecule is O=C(NC(CNC(=O)c1ccc(CN(Cc2nc3ccccc3[nH]2)C(=S)NCCc2ccccc2)cc1)C(=O)O)OCc1ccccc1. The first kappa shape index (κ1) is 33.6. The second-order valence-electron chi connectivity index (χ2n) is 11.0. The van der Waals surface area contributed by atoms with Crippen molar-refractivity contribution in [2.45, 2.75) is 32.2 Å². The van der Waals surface area contributed by atoms with E-state index >= 15 is 0 Å². The number of carbonyl (C=O) groups excluding carboxylic acids is 2. The summed E-state index contributed by atoms with van der Waals surface area (Å²) in [6, 6.07) is 32.6. The summed E-state index contributed by atoms with van der Waals surface area (Å²) in [5, 5.41) is 18.4. The number of hydrogen-bond donors (Lipinski definition) is 5. The first-order valence-electron chi connectivity index (χ1n) is 15.4. The quantitative estimate of drug-likeness (QED) is 0.106. The number of rotatable bonds is 14. The topological polar surface area (TPSA) is 149 Å². The molecular weight excluding hydrogens is 629 g/mol. The molecule has 1 aromatic heterocycles.